The summed E-state index contributed by atoms with van der Waals surface area (Å²) in [6.07, 6.45) is 11.5. The van der Waals surface area contributed by atoms with E-state index < -0.39 is 5.66 Å². The fraction of sp³-hybridized carbons (Fsp3) is 0.562. The number of anilines is 1. The van der Waals surface area contributed by atoms with Gasteiger partial charge in [-0.05, 0) is 0 Å². The summed E-state index contributed by atoms with van der Waals surface area (Å²) in [4.78, 5) is 30.2. The van der Waals surface area contributed by atoms with Crippen LogP contribution < -0.4 is 5.32 Å². The normalized spacial score (nSPS) is 21.6. The van der Waals surface area contributed by atoms with Crippen LogP contribution in [0.2, 0.25) is 0 Å². The Labute approximate surface area is 139 Å². The van der Waals surface area contributed by atoms with Crippen molar-refractivity contribution in [1.82, 2.24) is 14.5 Å². The molecular formula is C16H18N6O2. The fourth-order valence-corrected chi connectivity index (χ4v) is 3.57. The van der Waals surface area contributed by atoms with Crippen LogP contribution in [0.5, 0.6) is 0 Å². The molecule has 1 N–H and O–H groups in total. The van der Waals surface area contributed by atoms with Crippen LogP contribution in [0.25, 0.3) is 0 Å². The number of carbonyl (C=O) groups is 2. The predicted molar refractivity (Wildman–Crippen MR) is 84.9 cm³/mol. The number of aromatic nitrogens is 2. The Morgan fingerprint density at radius 1 is 1.38 bits per heavy atom. The van der Waals surface area contributed by atoms with Gasteiger partial charge in [-0.1, -0.05) is 0 Å². The van der Waals surface area contributed by atoms with E-state index in [1.807, 2.05) is 10.8 Å². The number of nitrogens with zero attached hydrogens (tertiary/aromatic N) is 5. The predicted octanol–water partition coefficient (Wildman–Crippen LogP) is 1.12. The maximum Gasteiger partial charge on any atom is 0.229 e. The summed E-state index contributed by atoms with van der Waals surface area (Å²) in [5, 5.41) is 10.9. The molecule has 1 aromatic rings. The molecule has 2 amide bonds. The second-order valence-corrected chi connectivity index (χ2v) is 6.71. The number of terminal acetylenes is 1. The zero-order valence-electron chi connectivity index (χ0n) is 13.2. The standard InChI is InChI=1S/C16H18N6O2/c1-2-3-5-16(19-20-16)6-4-13(24)21-10-15(11-21)9-12(23)18-14-17-7-8-22(14)15/h1,7-8H,3-6,9-11H2,(H,17,18,23). The lowest BCUT2D eigenvalue weighted by Gasteiger charge is -2.52. The third kappa shape index (κ3) is 2.37. The number of carbonyl (C=O) groups excluding carboxylic acids is 2. The zero-order valence-corrected chi connectivity index (χ0v) is 13.2. The molecule has 1 spiro atoms. The topological polar surface area (TPSA) is 92.0 Å². The first-order valence-electron chi connectivity index (χ1n) is 8.05. The van der Waals surface area contributed by atoms with Crippen molar-refractivity contribution in [3.63, 3.8) is 0 Å². The molecule has 8 nitrogen and oxygen atoms in total. The van der Waals surface area contributed by atoms with Crippen LogP contribution in [0.3, 0.4) is 0 Å². The van der Waals surface area contributed by atoms with Gasteiger partial charge >= 0.3 is 0 Å². The summed E-state index contributed by atoms with van der Waals surface area (Å²) in [5.41, 5.74) is -0.772. The van der Waals surface area contributed by atoms with Gasteiger partial charge in [-0.3, -0.25) is 14.9 Å². The molecule has 24 heavy (non-hydrogen) atoms. The van der Waals surface area contributed by atoms with E-state index in [-0.39, 0.29) is 17.4 Å². The van der Waals surface area contributed by atoms with Gasteiger partial charge in [0.15, 0.2) is 5.66 Å². The van der Waals surface area contributed by atoms with E-state index in [1.54, 1.807) is 11.1 Å². The number of amides is 2. The van der Waals surface area contributed by atoms with Gasteiger partial charge in [0.05, 0.1) is 12.0 Å². The molecule has 3 aliphatic heterocycles. The highest BCUT2D eigenvalue weighted by Gasteiger charge is 2.51. The van der Waals surface area contributed by atoms with E-state index in [4.69, 9.17) is 6.42 Å². The minimum Gasteiger partial charge on any atom is -0.338 e. The van der Waals surface area contributed by atoms with Gasteiger partial charge < -0.3 is 9.47 Å². The first-order valence-corrected chi connectivity index (χ1v) is 8.05. The van der Waals surface area contributed by atoms with Crippen molar-refractivity contribution < 1.29 is 9.59 Å². The lowest BCUT2D eigenvalue weighted by molar-refractivity contribution is -0.145. The van der Waals surface area contributed by atoms with E-state index >= 15 is 0 Å². The molecule has 4 rings (SSSR count). The van der Waals surface area contributed by atoms with Crippen LogP contribution in [0.4, 0.5) is 5.95 Å². The van der Waals surface area contributed by atoms with Gasteiger partial charge in [-0.2, -0.15) is 10.2 Å². The van der Waals surface area contributed by atoms with Gasteiger partial charge in [0.1, 0.15) is 0 Å². The summed E-state index contributed by atoms with van der Waals surface area (Å²) < 4.78 is 1.97. The van der Waals surface area contributed by atoms with E-state index in [9.17, 15) is 9.59 Å². The molecular weight excluding hydrogens is 308 g/mol. The maximum absolute atomic E-state index is 12.4. The Balaban J connectivity index is 1.34. The zero-order chi connectivity index (χ0) is 16.8. The van der Waals surface area contributed by atoms with Crippen LogP contribution in [0.1, 0.15) is 32.1 Å². The number of likely N-dealkylation sites (tertiary alicyclic amines) is 1. The molecule has 0 atom stereocenters. The van der Waals surface area contributed by atoms with Crippen molar-refractivity contribution in [2.45, 2.75) is 43.3 Å². The van der Waals surface area contributed by atoms with Gasteiger partial charge in [-0.15, -0.1) is 12.3 Å². The molecule has 1 fully saturated rings. The van der Waals surface area contributed by atoms with Crippen molar-refractivity contribution in [2.75, 3.05) is 18.4 Å². The molecule has 0 saturated carbocycles. The third-order valence-corrected chi connectivity index (χ3v) is 5.01. The Morgan fingerprint density at radius 3 is 2.88 bits per heavy atom. The lowest BCUT2D eigenvalue weighted by atomic mass is 9.84. The molecule has 8 heteroatoms. The molecule has 0 bridgehead atoms. The summed E-state index contributed by atoms with van der Waals surface area (Å²) >= 11 is 0. The van der Waals surface area contributed by atoms with Crippen LogP contribution in [-0.4, -0.2) is 45.0 Å². The van der Waals surface area contributed by atoms with Crippen LogP contribution in [-0.2, 0) is 15.1 Å². The molecule has 124 valence electrons. The minimum absolute atomic E-state index is 0.0513. The summed E-state index contributed by atoms with van der Waals surface area (Å²) in [6, 6.07) is 0. The highest BCUT2D eigenvalue weighted by atomic mass is 16.2. The molecule has 3 aliphatic rings. The number of imidazole rings is 1. The Morgan fingerprint density at radius 2 is 2.17 bits per heavy atom. The highest BCUT2D eigenvalue weighted by Crippen LogP contribution is 2.40. The lowest BCUT2D eigenvalue weighted by Crippen LogP contribution is -2.66. The van der Waals surface area contributed by atoms with Gasteiger partial charge in [0, 0.05) is 51.2 Å². The SMILES string of the molecule is C#CCCC1(CCC(=O)N2CC3(CC(=O)Nc4nccn43)C2)N=N1. The van der Waals surface area contributed by atoms with Crippen molar-refractivity contribution in [1.29, 1.82) is 0 Å². The number of nitrogens with one attached hydrogen (secondary N) is 1. The molecule has 4 heterocycles. The quantitative estimate of drug-likeness (QED) is 0.822. The Hall–Kier alpha value is -2.69. The van der Waals surface area contributed by atoms with E-state index in [2.05, 4.69) is 26.4 Å². The fourth-order valence-electron chi connectivity index (χ4n) is 3.57. The van der Waals surface area contributed by atoms with Crippen molar-refractivity contribution in [2.24, 2.45) is 10.2 Å². The molecule has 0 unspecified atom stereocenters. The van der Waals surface area contributed by atoms with E-state index in [1.165, 1.54) is 0 Å². The number of fused-ring (bicyclic) bond motifs is 2. The molecule has 0 aromatic carbocycles. The Kier molecular flexibility index (Phi) is 3.20. The van der Waals surface area contributed by atoms with Crippen molar-refractivity contribution in [3.8, 4) is 12.3 Å². The van der Waals surface area contributed by atoms with Crippen LogP contribution >= 0.6 is 0 Å². The average Bonchev–Trinajstić information content (AvgIpc) is 3.15. The Bertz CT molecular complexity index is 762. The molecule has 1 saturated heterocycles. The van der Waals surface area contributed by atoms with Gasteiger partial charge in [0.25, 0.3) is 0 Å². The van der Waals surface area contributed by atoms with Crippen molar-refractivity contribution >= 4 is 17.8 Å². The van der Waals surface area contributed by atoms with E-state index in [0.29, 0.717) is 51.1 Å². The van der Waals surface area contributed by atoms with Gasteiger partial charge in [-0.25, -0.2) is 4.98 Å². The second kappa shape index (κ2) is 5.16. The second-order valence-electron chi connectivity index (χ2n) is 6.71. The van der Waals surface area contributed by atoms with Crippen LogP contribution in [0, 0.1) is 12.3 Å². The third-order valence-electron chi connectivity index (χ3n) is 5.01. The average molecular weight is 326 g/mol. The summed E-state index contributed by atoms with van der Waals surface area (Å²) in [6.45, 7) is 1.07. The number of rotatable bonds is 5. The molecule has 1 aromatic heterocycles. The number of hydrogen-bond acceptors (Lipinski definition) is 5. The molecule has 0 aliphatic carbocycles. The van der Waals surface area contributed by atoms with Crippen LogP contribution in [0.15, 0.2) is 22.6 Å². The smallest absolute Gasteiger partial charge is 0.229 e. The van der Waals surface area contributed by atoms with Gasteiger partial charge in [0.2, 0.25) is 17.8 Å². The summed E-state index contributed by atoms with van der Waals surface area (Å²) in [5.74, 6) is 3.17. The largest absolute Gasteiger partial charge is 0.338 e. The first-order chi connectivity index (χ1) is 11.6. The van der Waals surface area contributed by atoms with Crippen molar-refractivity contribution in [3.05, 3.63) is 12.4 Å². The number of hydrogen-bond donors (Lipinski definition) is 1. The van der Waals surface area contributed by atoms with E-state index in [0.717, 1.165) is 0 Å². The summed E-state index contributed by atoms with van der Waals surface area (Å²) in [7, 11) is 0. The molecule has 0 radical (unpaired) electrons. The maximum atomic E-state index is 12.4. The minimum atomic E-state index is -0.424. The highest BCUT2D eigenvalue weighted by molar-refractivity contribution is 5.92. The first kappa shape index (κ1) is 14.9. The monoisotopic (exact) mass is 326 g/mol.